The highest BCUT2D eigenvalue weighted by atomic mass is 32.2. The van der Waals surface area contributed by atoms with Crippen LogP contribution >= 0.6 is 11.8 Å². The quantitative estimate of drug-likeness (QED) is 0.721. The third kappa shape index (κ3) is 5.46. The Morgan fingerprint density at radius 2 is 2.26 bits per heavy atom. The maximum absolute atomic E-state index is 13.2. The van der Waals surface area contributed by atoms with Crippen LogP contribution in [0.2, 0.25) is 0 Å². The highest BCUT2D eigenvalue weighted by Crippen LogP contribution is 2.13. The molecule has 1 rings (SSSR count). The molecule has 19 heavy (non-hydrogen) atoms. The molecule has 0 unspecified atom stereocenters. The number of carbonyl (C=O) groups excluding carboxylic acids is 1. The third-order valence-corrected chi connectivity index (χ3v) is 3.15. The number of hydrogen-bond acceptors (Lipinski definition) is 4. The molecule has 0 aliphatic heterocycles. The second kappa shape index (κ2) is 8.74. The lowest BCUT2D eigenvalue weighted by molar-refractivity contribution is 0.0954. The Morgan fingerprint density at radius 3 is 2.95 bits per heavy atom. The number of pyridine rings is 1. The molecule has 1 aromatic rings. The zero-order valence-electron chi connectivity index (χ0n) is 11.3. The molecule has 0 aromatic carbocycles. The summed E-state index contributed by atoms with van der Waals surface area (Å²) < 4.78 is 13.2. The summed E-state index contributed by atoms with van der Waals surface area (Å²) in [5, 5.41) is 5.81. The molecule has 0 saturated heterocycles. The van der Waals surface area contributed by atoms with Gasteiger partial charge in [0.05, 0.1) is 11.8 Å². The van der Waals surface area contributed by atoms with Gasteiger partial charge in [0, 0.05) is 13.1 Å². The van der Waals surface area contributed by atoms with Gasteiger partial charge < -0.3 is 10.6 Å². The number of rotatable bonds is 8. The second-order valence-electron chi connectivity index (χ2n) is 4.08. The van der Waals surface area contributed by atoms with E-state index < -0.39 is 5.82 Å². The average molecular weight is 285 g/mol. The number of nitrogens with zero attached hydrogens (tertiary/aromatic N) is 1. The van der Waals surface area contributed by atoms with Crippen LogP contribution in [0.5, 0.6) is 0 Å². The highest BCUT2D eigenvalue weighted by molar-refractivity contribution is 7.98. The topological polar surface area (TPSA) is 54.0 Å². The van der Waals surface area contributed by atoms with E-state index in [0.717, 1.165) is 24.8 Å². The Balaban J connectivity index is 2.67. The maximum atomic E-state index is 13.2. The largest absolute Gasteiger partial charge is 0.369 e. The summed E-state index contributed by atoms with van der Waals surface area (Å²) in [7, 11) is 0. The summed E-state index contributed by atoms with van der Waals surface area (Å²) in [5.41, 5.74) is 0.262. The number of carbonyl (C=O) groups is 1. The minimum Gasteiger partial charge on any atom is -0.369 e. The number of amides is 1. The molecule has 0 aliphatic carbocycles. The van der Waals surface area contributed by atoms with E-state index in [1.807, 2.05) is 13.2 Å². The maximum Gasteiger partial charge on any atom is 0.255 e. The first-order valence-electron chi connectivity index (χ1n) is 6.35. The Labute approximate surface area is 117 Å². The normalized spacial score (nSPS) is 10.3. The number of thioether (sulfide) groups is 1. The molecule has 4 nitrogen and oxygen atoms in total. The van der Waals surface area contributed by atoms with E-state index in [1.54, 1.807) is 11.8 Å². The van der Waals surface area contributed by atoms with Gasteiger partial charge in [0.1, 0.15) is 11.6 Å². The Kier molecular flexibility index (Phi) is 7.25. The number of halogens is 1. The zero-order valence-corrected chi connectivity index (χ0v) is 12.1. The van der Waals surface area contributed by atoms with Crippen LogP contribution in [0.15, 0.2) is 12.3 Å². The van der Waals surface area contributed by atoms with Gasteiger partial charge in [-0.15, -0.1) is 0 Å². The van der Waals surface area contributed by atoms with Crippen LogP contribution in [0.1, 0.15) is 30.1 Å². The van der Waals surface area contributed by atoms with Gasteiger partial charge in [-0.25, -0.2) is 9.37 Å². The molecule has 6 heteroatoms. The molecule has 106 valence electrons. The van der Waals surface area contributed by atoms with Crippen LogP contribution in [0.4, 0.5) is 10.2 Å². The predicted octanol–water partition coefficient (Wildman–Crippen LogP) is 2.53. The van der Waals surface area contributed by atoms with Gasteiger partial charge >= 0.3 is 0 Å². The first-order chi connectivity index (χ1) is 9.19. The minimum absolute atomic E-state index is 0.262. The van der Waals surface area contributed by atoms with Crippen LogP contribution in [-0.4, -0.2) is 36.0 Å². The molecule has 2 N–H and O–H groups in total. The summed E-state index contributed by atoms with van der Waals surface area (Å²) in [5.74, 6) is 0.636. The van der Waals surface area contributed by atoms with Crippen molar-refractivity contribution < 1.29 is 9.18 Å². The lowest BCUT2D eigenvalue weighted by Gasteiger charge is -2.10. The van der Waals surface area contributed by atoms with Crippen LogP contribution in [-0.2, 0) is 0 Å². The van der Waals surface area contributed by atoms with Crippen molar-refractivity contribution in [1.82, 2.24) is 10.3 Å². The average Bonchev–Trinajstić information content (AvgIpc) is 2.42. The van der Waals surface area contributed by atoms with Crippen molar-refractivity contribution in [2.24, 2.45) is 0 Å². The number of nitrogens with one attached hydrogen (secondary N) is 2. The molecule has 0 atom stereocenters. The fourth-order valence-corrected chi connectivity index (χ4v) is 1.94. The molecule has 0 spiro atoms. The van der Waals surface area contributed by atoms with Crippen molar-refractivity contribution in [3.8, 4) is 0 Å². The van der Waals surface area contributed by atoms with E-state index in [0.29, 0.717) is 18.9 Å². The van der Waals surface area contributed by atoms with Crippen LogP contribution < -0.4 is 10.6 Å². The molecular weight excluding hydrogens is 265 g/mol. The number of aromatic nitrogens is 1. The van der Waals surface area contributed by atoms with Crippen molar-refractivity contribution in [2.75, 3.05) is 30.4 Å². The molecule has 0 aliphatic rings. The monoisotopic (exact) mass is 285 g/mol. The van der Waals surface area contributed by atoms with E-state index >= 15 is 0 Å². The molecule has 1 amide bonds. The van der Waals surface area contributed by atoms with E-state index in [9.17, 15) is 9.18 Å². The summed E-state index contributed by atoms with van der Waals surface area (Å²) in [6.45, 7) is 3.30. The van der Waals surface area contributed by atoms with Gasteiger partial charge in [0.15, 0.2) is 0 Å². The second-order valence-corrected chi connectivity index (χ2v) is 5.06. The van der Waals surface area contributed by atoms with Gasteiger partial charge in [0.25, 0.3) is 5.91 Å². The van der Waals surface area contributed by atoms with E-state index in [-0.39, 0.29) is 11.5 Å². The molecular formula is C13H20FN3OS. The van der Waals surface area contributed by atoms with Crippen molar-refractivity contribution in [3.63, 3.8) is 0 Å². The number of hydrogen-bond donors (Lipinski definition) is 2. The van der Waals surface area contributed by atoms with Gasteiger partial charge in [-0.1, -0.05) is 6.92 Å². The van der Waals surface area contributed by atoms with E-state index in [4.69, 9.17) is 0 Å². The summed E-state index contributed by atoms with van der Waals surface area (Å²) >= 11 is 1.73. The molecule has 0 bridgehead atoms. The zero-order chi connectivity index (χ0) is 14.1. The van der Waals surface area contributed by atoms with Crippen molar-refractivity contribution in [1.29, 1.82) is 0 Å². The number of anilines is 1. The smallest absolute Gasteiger partial charge is 0.255 e. The Hall–Kier alpha value is -1.30. The van der Waals surface area contributed by atoms with Crippen molar-refractivity contribution >= 4 is 23.5 Å². The lowest BCUT2D eigenvalue weighted by atomic mass is 10.2. The fraction of sp³-hybridized carbons (Fsp3) is 0.538. The van der Waals surface area contributed by atoms with Gasteiger partial charge in [-0.3, -0.25) is 4.79 Å². The predicted molar refractivity (Wildman–Crippen MR) is 78.3 cm³/mol. The van der Waals surface area contributed by atoms with Gasteiger partial charge in [-0.2, -0.15) is 11.8 Å². The van der Waals surface area contributed by atoms with E-state index in [2.05, 4.69) is 15.6 Å². The third-order valence-electron chi connectivity index (χ3n) is 2.45. The lowest BCUT2D eigenvalue weighted by Crippen LogP contribution is -2.26. The Morgan fingerprint density at radius 1 is 1.47 bits per heavy atom. The van der Waals surface area contributed by atoms with E-state index in [1.165, 1.54) is 6.07 Å². The van der Waals surface area contributed by atoms with Crippen LogP contribution in [0, 0.1) is 5.82 Å². The molecule has 1 heterocycles. The van der Waals surface area contributed by atoms with Gasteiger partial charge in [-0.05, 0) is 30.9 Å². The first-order valence-corrected chi connectivity index (χ1v) is 7.75. The highest BCUT2D eigenvalue weighted by Gasteiger charge is 2.13. The summed E-state index contributed by atoms with van der Waals surface area (Å²) in [4.78, 5) is 15.9. The molecule has 0 fully saturated rings. The standard InChI is InChI=1S/C13H20FN3OS/c1-3-5-15-12-11(8-10(14)9-17-12)13(18)16-6-4-7-19-2/h8-9H,3-7H2,1-2H3,(H,15,17)(H,16,18). The minimum atomic E-state index is -0.503. The summed E-state index contributed by atoms with van der Waals surface area (Å²) in [6.07, 6.45) is 4.94. The van der Waals surface area contributed by atoms with Crippen molar-refractivity contribution in [2.45, 2.75) is 19.8 Å². The molecule has 0 saturated carbocycles. The Bertz CT molecular complexity index is 415. The summed E-state index contributed by atoms with van der Waals surface area (Å²) in [6, 6.07) is 1.22. The SMILES string of the molecule is CCCNc1ncc(F)cc1C(=O)NCCCSC. The van der Waals surface area contributed by atoms with Crippen LogP contribution in [0.3, 0.4) is 0 Å². The first kappa shape index (κ1) is 15.8. The molecule has 1 aromatic heterocycles. The van der Waals surface area contributed by atoms with Crippen LogP contribution in [0.25, 0.3) is 0 Å². The van der Waals surface area contributed by atoms with Gasteiger partial charge in [0.2, 0.25) is 0 Å². The molecule has 0 radical (unpaired) electrons. The van der Waals surface area contributed by atoms with Crippen molar-refractivity contribution in [3.05, 3.63) is 23.6 Å². The fourth-order valence-electron chi connectivity index (χ4n) is 1.51.